The number of hydrogen-bond acceptors (Lipinski definition) is 3. The van der Waals surface area contributed by atoms with Crippen LogP contribution in [0.4, 0.5) is 4.79 Å². The van der Waals surface area contributed by atoms with Gasteiger partial charge in [0.05, 0.1) is 6.54 Å². The Morgan fingerprint density at radius 2 is 2.00 bits per heavy atom. The quantitative estimate of drug-likeness (QED) is 0.778. The van der Waals surface area contributed by atoms with E-state index in [1.807, 2.05) is 34.9 Å². The molecule has 0 radical (unpaired) electrons. The monoisotopic (exact) mass is 393 g/mol. The predicted octanol–water partition coefficient (Wildman–Crippen LogP) is 3.17. The number of nitrogens with one attached hydrogen (secondary N) is 1. The fourth-order valence-corrected chi connectivity index (χ4v) is 4.34. The van der Waals surface area contributed by atoms with Crippen molar-refractivity contribution in [1.82, 2.24) is 15.1 Å². The topological polar surface area (TPSA) is 72.9 Å². The van der Waals surface area contributed by atoms with Gasteiger partial charge in [0.1, 0.15) is 0 Å². The number of halogens is 1. The first-order chi connectivity index (χ1) is 13.0. The SMILES string of the molecule is CCN(CC(=O)O)C1CCN(C(=O)NC2CC(c3cccc(Cl)c3)C2)CC1. The number of nitrogens with zero attached hydrogens (tertiary/aromatic N) is 2. The van der Waals surface area contributed by atoms with Crippen LogP contribution in [0.25, 0.3) is 0 Å². The van der Waals surface area contributed by atoms with Crippen molar-refractivity contribution in [2.45, 2.75) is 50.6 Å². The lowest BCUT2D eigenvalue weighted by Gasteiger charge is -2.40. The van der Waals surface area contributed by atoms with Crippen LogP contribution in [-0.4, -0.2) is 65.2 Å². The van der Waals surface area contributed by atoms with Crippen molar-refractivity contribution in [3.63, 3.8) is 0 Å². The van der Waals surface area contributed by atoms with Gasteiger partial charge >= 0.3 is 12.0 Å². The number of carboxylic acids is 1. The first kappa shape index (κ1) is 20.0. The molecule has 1 aliphatic heterocycles. The number of carbonyl (C=O) groups is 2. The lowest BCUT2D eigenvalue weighted by molar-refractivity contribution is -0.139. The highest BCUT2D eigenvalue weighted by Crippen LogP contribution is 2.37. The second kappa shape index (κ2) is 8.93. The summed E-state index contributed by atoms with van der Waals surface area (Å²) in [6, 6.07) is 8.41. The molecule has 1 saturated carbocycles. The average Bonchev–Trinajstić information content (AvgIpc) is 2.62. The van der Waals surface area contributed by atoms with Gasteiger partial charge in [-0.25, -0.2) is 4.79 Å². The largest absolute Gasteiger partial charge is 0.480 e. The summed E-state index contributed by atoms with van der Waals surface area (Å²) >= 11 is 6.05. The van der Waals surface area contributed by atoms with Crippen molar-refractivity contribution < 1.29 is 14.7 Å². The zero-order chi connectivity index (χ0) is 19.4. The molecular weight excluding hydrogens is 366 g/mol. The van der Waals surface area contributed by atoms with E-state index < -0.39 is 5.97 Å². The van der Waals surface area contributed by atoms with Crippen LogP contribution >= 0.6 is 11.6 Å². The molecule has 1 saturated heterocycles. The molecule has 6 nitrogen and oxygen atoms in total. The van der Waals surface area contributed by atoms with Gasteiger partial charge in [-0.1, -0.05) is 30.7 Å². The zero-order valence-corrected chi connectivity index (χ0v) is 16.5. The third kappa shape index (κ3) is 5.14. The van der Waals surface area contributed by atoms with Crippen LogP contribution < -0.4 is 5.32 Å². The normalized spacial score (nSPS) is 23.1. The number of aliphatic carboxylic acids is 1. The highest BCUT2D eigenvalue weighted by Gasteiger charge is 2.33. The number of benzene rings is 1. The Kier molecular flexibility index (Phi) is 6.60. The van der Waals surface area contributed by atoms with E-state index in [1.54, 1.807) is 0 Å². The van der Waals surface area contributed by atoms with E-state index in [0.717, 1.165) is 37.3 Å². The minimum Gasteiger partial charge on any atom is -0.480 e. The summed E-state index contributed by atoms with van der Waals surface area (Å²) in [5, 5.41) is 12.9. The van der Waals surface area contributed by atoms with Crippen molar-refractivity contribution >= 4 is 23.6 Å². The van der Waals surface area contributed by atoms with Crippen LogP contribution in [0.15, 0.2) is 24.3 Å². The Bertz CT molecular complexity index is 670. The maximum absolute atomic E-state index is 12.5. The van der Waals surface area contributed by atoms with E-state index in [1.165, 1.54) is 5.56 Å². The van der Waals surface area contributed by atoms with Gasteiger partial charge in [0.25, 0.3) is 0 Å². The molecule has 148 valence electrons. The Hall–Kier alpha value is -1.79. The fourth-order valence-electron chi connectivity index (χ4n) is 4.14. The average molecular weight is 394 g/mol. The van der Waals surface area contributed by atoms with E-state index in [-0.39, 0.29) is 24.7 Å². The lowest BCUT2D eigenvalue weighted by Crippen LogP contribution is -2.53. The lowest BCUT2D eigenvalue weighted by atomic mass is 9.76. The molecule has 0 atom stereocenters. The predicted molar refractivity (Wildman–Crippen MR) is 105 cm³/mol. The molecule has 2 amide bonds. The third-order valence-corrected chi connectivity index (χ3v) is 6.03. The smallest absolute Gasteiger partial charge is 0.317 e. The molecular formula is C20H28ClN3O3. The van der Waals surface area contributed by atoms with Gasteiger partial charge in [-0.3, -0.25) is 9.69 Å². The molecule has 0 unspecified atom stereocenters. The summed E-state index contributed by atoms with van der Waals surface area (Å²) in [4.78, 5) is 27.3. The summed E-state index contributed by atoms with van der Waals surface area (Å²) < 4.78 is 0. The number of carboxylic acid groups (broad SMARTS) is 1. The number of urea groups is 1. The van der Waals surface area contributed by atoms with Gasteiger partial charge in [0.15, 0.2) is 0 Å². The molecule has 0 spiro atoms. The molecule has 1 heterocycles. The first-order valence-corrected chi connectivity index (χ1v) is 10.1. The summed E-state index contributed by atoms with van der Waals surface area (Å²) in [5.41, 5.74) is 1.24. The Labute approximate surface area is 165 Å². The molecule has 1 aromatic rings. The first-order valence-electron chi connectivity index (χ1n) is 9.73. The van der Waals surface area contributed by atoms with Crippen LogP contribution in [0.5, 0.6) is 0 Å². The molecule has 0 bridgehead atoms. The number of amides is 2. The van der Waals surface area contributed by atoms with Crippen LogP contribution in [0, 0.1) is 0 Å². The summed E-state index contributed by atoms with van der Waals surface area (Å²) in [7, 11) is 0. The van der Waals surface area contributed by atoms with Crippen LogP contribution in [0.3, 0.4) is 0 Å². The molecule has 2 aliphatic rings. The van der Waals surface area contributed by atoms with Crippen molar-refractivity contribution in [3.05, 3.63) is 34.9 Å². The minimum atomic E-state index is -0.795. The second-order valence-electron chi connectivity index (χ2n) is 7.54. The number of carbonyl (C=O) groups excluding carboxylic acids is 1. The Morgan fingerprint density at radius 1 is 1.30 bits per heavy atom. The number of piperidine rings is 1. The summed E-state index contributed by atoms with van der Waals surface area (Å²) in [6.45, 7) is 4.12. The number of likely N-dealkylation sites (tertiary alicyclic amines) is 1. The maximum atomic E-state index is 12.5. The fraction of sp³-hybridized carbons (Fsp3) is 0.600. The van der Waals surface area contributed by atoms with Crippen molar-refractivity contribution in [2.75, 3.05) is 26.2 Å². The Balaban J connectivity index is 1.41. The second-order valence-corrected chi connectivity index (χ2v) is 7.98. The van der Waals surface area contributed by atoms with Gasteiger partial charge in [-0.05, 0) is 55.8 Å². The summed E-state index contributed by atoms with van der Waals surface area (Å²) in [5.74, 6) is -0.329. The van der Waals surface area contributed by atoms with Gasteiger partial charge < -0.3 is 15.3 Å². The van der Waals surface area contributed by atoms with Gasteiger partial charge in [-0.15, -0.1) is 0 Å². The molecule has 1 aliphatic carbocycles. The van der Waals surface area contributed by atoms with Crippen LogP contribution in [0.2, 0.25) is 5.02 Å². The highest BCUT2D eigenvalue weighted by atomic mass is 35.5. The van der Waals surface area contributed by atoms with Crippen molar-refractivity contribution in [1.29, 1.82) is 0 Å². The molecule has 0 aromatic heterocycles. The van der Waals surface area contributed by atoms with Gasteiger partial charge in [0.2, 0.25) is 0 Å². The standard InChI is InChI=1S/C20H28ClN3O3/c1-2-23(13-19(25)26)18-6-8-24(9-7-18)20(27)22-17-11-15(12-17)14-4-3-5-16(21)10-14/h3-5,10,15,17-18H,2,6-9,11-13H2,1H3,(H,22,27)(H,25,26). The van der Waals surface area contributed by atoms with Crippen molar-refractivity contribution in [2.24, 2.45) is 0 Å². The molecule has 3 rings (SSSR count). The number of hydrogen-bond donors (Lipinski definition) is 2. The van der Waals surface area contributed by atoms with Crippen LogP contribution in [0.1, 0.15) is 44.1 Å². The van der Waals surface area contributed by atoms with E-state index >= 15 is 0 Å². The molecule has 2 N–H and O–H groups in total. The van der Waals surface area contributed by atoms with E-state index in [2.05, 4.69) is 11.4 Å². The van der Waals surface area contributed by atoms with Gasteiger partial charge in [-0.2, -0.15) is 0 Å². The Morgan fingerprint density at radius 3 is 2.59 bits per heavy atom. The molecule has 7 heteroatoms. The minimum absolute atomic E-state index is 0.00396. The van der Waals surface area contributed by atoms with Crippen molar-refractivity contribution in [3.8, 4) is 0 Å². The van der Waals surface area contributed by atoms with E-state index in [0.29, 0.717) is 19.0 Å². The maximum Gasteiger partial charge on any atom is 0.317 e. The molecule has 2 fully saturated rings. The highest BCUT2D eigenvalue weighted by molar-refractivity contribution is 6.30. The van der Waals surface area contributed by atoms with E-state index in [9.17, 15) is 9.59 Å². The summed E-state index contributed by atoms with van der Waals surface area (Å²) in [6.07, 6.45) is 3.55. The third-order valence-electron chi connectivity index (χ3n) is 5.80. The number of rotatable bonds is 6. The van der Waals surface area contributed by atoms with Gasteiger partial charge in [0, 0.05) is 30.2 Å². The molecule has 27 heavy (non-hydrogen) atoms. The van der Waals surface area contributed by atoms with Crippen LogP contribution in [-0.2, 0) is 4.79 Å². The molecule has 1 aromatic carbocycles. The number of likely N-dealkylation sites (N-methyl/N-ethyl adjacent to an activating group) is 1. The zero-order valence-electron chi connectivity index (χ0n) is 15.7. The van der Waals surface area contributed by atoms with E-state index in [4.69, 9.17) is 16.7 Å².